The summed E-state index contributed by atoms with van der Waals surface area (Å²) in [6.07, 6.45) is 0. The van der Waals surface area contributed by atoms with E-state index in [0.717, 1.165) is 11.1 Å². The van der Waals surface area contributed by atoms with Crippen LogP contribution < -0.4 is 5.48 Å². The van der Waals surface area contributed by atoms with Gasteiger partial charge in [-0.05, 0) is 24.6 Å². The molecule has 136 valence electrons. The van der Waals surface area contributed by atoms with Crippen LogP contribution in [0.1, 0.15) is 27.5 Å². The number of aryl methyl sites for hydroxylation is 1. The van der Waals surface area contributed by atoms with E-state index in [1.165, 1.54) is 0 Å². The molecule has 2 aromatic rings. The molecular weight excluding hydrogens is 330 g/mol. The van der Waals surface area contributed by atoms with E-state index in [1.54, 1.807) is 10.4 Å². The van der Waals surface area contributed by atoms with Crippen molar-refractivity contribution in [3.8, 4) is 0 Å². The number of hydrogen-bond acceptors (Lipinski definition) is 4. The molecule has 2 N–H and O–H groups in total. The highest BCUT2D eigenvalue weighted by Crippen LogP contribution is 2.23. The Hall–Kier alpha value is -2.70. The summed E-state index contributed by atoms with van der Waals surface area (Å²) >= 11 is 0. The lowest BCUT2D eigenvalue weighted by Gasteiger charge is -2.38. The second-order valence-electron chi connectivity index (χ2n) is 6.48. The Kier molecular flexibility index (Phi) is 5.65. The first kappa shape index (κ1) is 18.1. The maximum atomic E-state index is 12.6. The molecule has 0 bridgehead atoms. The van der Waals surface area contributed by atoms with Gasteiger partial charge in [0.25, 0.3) is 11.8 Å². The third-order valence-corrected chi connectivity index (χ3v) is 4.74. The van der Waals surface area contributed by atoms with Gasteiger partial charge in [0.15, 0.2) is 0 Å². The van der Waals surface area contributed by atoms with Crippen molar-refractivity contribution in [2.45, 2.75) is 13.0 Å². The molecule has 2 amide bonds. The van der Waals surface area contributed by atoms with Crippen LogP contribution in [-0.4, -0.2) is 53.0 Å². The van der Waals surface area contributed by atoms with E-state index in [1.807, 2.05) is 66.4 Å². The van der Waals surface area contributed by atoms with Gasteiger partial charge in [0.2, 0.25) is 0 Å². The largest absolute Gasteiger partial charge is 0.336 e. The lowest BCUT2D eigenvalue weighted by Crippen LogP contribution is -2.52. The van der Waals surface area contributed by atoms with Gasteiger partial charge in [-0.15, -0.1) is 0 Å². The average Bonchev–Trinajstić information content (AvgIpc) is 2.69. The van der Waals surface area contributed by atoms with Crippen molar-refractivity contribution in [3.05, 3.63) is 71.3 Å². The Balaban J connectivity index is 1.69. The Morgan fingerprint density at radius 3 is 2.15 bits per heavy atom. The summed E-state index contributed by atoms with van der Waals surface area (Å²) in [5.41, 5.74) is 4.38. The van der Waals surface area contributed by atoms with Gasteiger partial charge in [0, 0.05) is 31.7 Å². The van der Waals surface area contributed by atoms with Crippen molar-refractivity contribution in [3.63, 3.8) is 0 Å². The van der Waals surface area contributed by atoms with Crippen molar-refractivity contribution in [1.82, 2.24) is 15.3 Å². The van der Waals surface area contributed by atoms with Gasteiger partial charge in [-0.25, -0.2) is 5.48 Å². The van der Waals surface area contributed by atoms with Crippen molar-refractivity contribution < 1.29 is 14.8 Å². The summed E-state index contributed by atoms with van der Waals surface area (Å²) < 4.78 is 0. The van der Waals surface area contributed by atoms with Crippen molar-refractivity contribution >= 4 is 11.8 Å². The number of nitrogens with zero attached hydrogens (tertiary/aromatic N) is 2. The normalized spacial score (nSPS) is 16.2. The van der Waals surface area contributed by atoms with E-state index >= 15 is 0 Å². The van der Waals surface area contributed by atoms with Gasteiger partial charge in [-0.3, -0.25) is 19.7 Å². The first-order valence-electron chi connectivity index (χ1n) is 8.69. The second-order valence-corrected chi connectivity index (χ2v) is 6.48. The molecule has 1 unspecified atom stereocenters. The molecule has 0 aromatic heterocycles. The summed E-state index contributed by atoms with van der Waals surface area (Å²) in [7, 11) is 0. The molecule has 26 heavy (non-hydrogen) atoms. The smallest absolute Gasteiger partial charge is 0.265 e. The molecule has 6 heteroatoms. The highest BCUT2D eigenvalue weighted by atomic mass is 16.5. The zero-order valence-corrected chi connectivity index (χ0v) is 14.8. The molecule has 0 saturated carbocycles. The van der Waals surface area contributed by atoms with Gasteiger partial charge in [-0.2, -0.15) is 0 Å². The Morgan fingerprint density at radius 2 is 1.58 bits per heavy atom. The third-order valence-electron chi connectivity index (χ3n) is 4.74. The van der Waals surface area contributed by atoms with Crippen LogP contribution in [0.25, 0.3) is 0 Å². The fraction of sp³-hybridized carbons (Fsp3) is 0.300. The predicted octanol–water partition coefficient (Wildman–Crippen LogP) is 2.00. The number of rotatable bonds is 4. The van der Waals surface area contributed by atoms with Crippen LogP contribution in [0.2, 0.25) is 0 Å². The molecule has 0 spiro atoms. The molecule has 2 aromatic carbocycles. The number of carbonyl (C=O) groups is 2. The van der Waals surface area contributed by atoms with Crippen LogP contribution in [0.15, 0.2) is 54.6 Å². The molecule has 1 aliphatic rings. The van der Waals surface area contributed by atoms with E-state index < -0.39 is 11.9 Å². The quantitative estimate of drug-likeness (QED) is 0.651. The van der Waals surface area contributed by atoms with E-state index in [2.05, 4.69) is 0 Å². The maximum Gasteiger partial charge on any atom is 0.265 e. The van der Waals surface area contributed by atoms with Gasteiger partial charge < -0.3 is 4.90 Å². The van der Waals surface area contributed by atoms with Crippen LogP contribution in [0, 0.1) is 6.92 Å². The van der Waals surface area contributed by atoms with Crippen LogP contribution >= 0.6 is 0 Å². The summed E-state index contributed by atoms with van der Waals surface area (Å²) in [5, 5.41) is 9.12. The second kappa shape index (κ2) is 8.12. The van der Waals surface area contributed by atoms with E-state index in [4.69, 9.17) is 5.21 Å². The molecule has 1 fully saturated rings. The standard InChI is InChI=1S/C20H23N3O3/c1-15-7-9-17(10-8-15)20(25)23-13-11-22(12-14-23)18(19(24)21-26)16-5-3-2-4-6-16/h2-10,18,26H,11-14H2,1H3,(H,21,24). The fourth-order valence-corrected chi connectivity index (χ4v) is 3.29. The summed E-state index contributed by atoms with van der Waals surface area (Å²) in [4.78, 5) is 28.6. The minimum Gasteiger partial charge on any atom is -0.336 e. The number of amides is 2. The Bertz CT molecular complexity index is 754. The summed E-state index contributed by atoms with van der Waals surface area (Å²) in [6.45, 7) is 4.18. The number of carbonyl (C=O) groups excluding carboxylic acids is 2. The number of nitrogens with one attached hydrogen (secondary N) is 1. The van der Waals surface area contributed by atoms with Gasteiger partial charge in [0.1, 0.15) is 6.04 Å². The monoisotopic (exact) mass is 353 g/mol. The van der Waals surface area contributed by atoms with Gasteiger partial charge >= 0.3 is 0 Å². The van der Waals surface area contributed by atoms with Crippen LogP contribution in [0.4, 0.5) is 0 Å². The lowest BCUT2D eigenvalue weighted by molar-refractivity contribution is -0.135. The van der Waals surface area contributed by atoms with Crippen molar-refractivity contribution in [1.29, 1.82) is 0 Å². The number of hydroxylamine groups is 1. The molecule has 0 radical (unpaired) electrons. The molecule has 6 nitrogen and oxygen atoms in total. The summed E-state index contributed by atoms with van der Waals surface area (Å²) in [6, 6.07) is 16.3. The average molecular weight is 353 g/mol. The number of piperazine rings is 1. The van der Waals surface area contributed by atoms with Crippen LogP contribution in [0.5, 0.6) is 0 Å². The SMILES string of the molecule is Cc1ccc(C(=O)N2CCN(C(C(=O)NO)c3ccccc3)CC2)cc1. The fourth-order valence-electron chi connectivity index (χ4n) is 3.29. The first-order valence-corrected chi connectivity index (χ1v) is 8.69. The van der Waals surface area contributed by atoms with E-state index in [-0.39, 0.29) is 5.91 Å². The molecule has 1 aliphatic heterocycles. The zero-order chi connectivity index (χ0) is 18.5. The third kappa shape index (κ3) is 3.92. The number of benzene rings is 2. The Morgan fingerprint density at radius 1 is 0.962 bits per heavy atom. The maximum absolute atomic E-state index is 12.6. The molecule has 1 saturated heterocycles. The molecule has 1 atom stereocenters. The lowest BCUT2D eigenvalue weighted by atomic mass is 10.0. The Labute approximate surface area is 153 Å². The topological polar surface area (TPSA) is 72.9 Å². The van der Waals surface area contributed by atoms with Crippen molar-refractivity contribution in [2.75, 3.05) is 26.2 Å². The van der Waals surface area contributed by atoms with E-state index in [0.29, 0.717) is 31.7 Å². The minimum atomic E-state index is -0.571. The van der Waals surface area contributed by atoms with E-state index in [9.17, 15) is 9.59 Å². The van der Waals surface area contributed by atoms with Crippen LogP contribution in [-0.2, 0) is 4.79 Å². The summed E-state index contributed by atoms with van der Waals surface area (Å²) in [5.74, 6) is -0.456. The molecular formula is C20H23N3O3. The highest BCUT2D eigenvalue weighted by molar-refractivity contribution is 5.94. The van der Waals surface area contributed by atoms with Crippen LogP contribution in [0.3, 0.4) is 0 Å². The zero-order valence-electron chi connectivity index (χ0n) is 14.8. The van der Waals surface area contributed by atoms with Crippen molar-refractivity contribution in [2.24, 2.45) is 0 Å². The minimum absolute atomic E-state index is 0.00696. The highest BCUT2D eigenvalue weighted by Gasteiger charge is 2.31. The van der Waals surface area contributed by atoms with Gasteiger partial charge in [-0.1, -0.05) is 48.0 Å². The first-order chi connectivity index (χ1) is 12.6. The molecule has 3 rings (SSSR count). The number of hydrogen-bond donors (Lipinski definition) is 2. The predicted molar refractivity (Wildman–Crippen MR) is 97.8 cm³/mol. The molecule has 1 heterocycles. The van der Waals surface area contributed by atoms with Gasteiger partial charge in [0.05, 0.1) is 0 Å². The molecule has 0 aliphatic carbocycles.